The van der Waals surface area contributed by atoms with E-state index >= 15 is 0 Å². The number of benzene rings is 2. The van der Waals surface area contributed by atoms with Gasteiger partial charge >= 0.3 is 0 Å². The van der Waals surface area contributed by atoms with Crippen molar-refractivity contribution in [2.45, 2.75) is 6.54 Å². The molecule has 0 unspecified atom stereocenters. The summed E-state index contributed by atoms with van der Waals surface area (Å²) in [6.45, 7) is 5.65. The number of halogens is 1. The van der Waals surface area contributed by atoms with Crippen molar-refractivity contribution < 1.29 is 0 Å². The standard InChI is InChI=1S/C21H22ClN3S/c1-24-10-12-25(13-11-24)15-16-2-4-17(5-3-16)20-14-23-21(26-20)18-6-8-19(22)9-7-18/h2-9,14H,10-13,15H2,1H3. The maximum Gasteiger partial charge on any atom is 0.123 e. The SMILES string of the molecule is CN1CCN(Cc2ccc(-c3cnc(-c4ccc(Cl)cc4)s3)cc2)CC1. The molecular weight excluding hydrogens is 362 g/mol. The van der Waals surface area contributed by atoms with Crippen LogP contribution >= 0.6 is 22.9 Å². The van der Waals surface area contributed by atoms with E-state index in [-0.39, 0.29) is 0 Å². The van der Waals surface area contributed by atoms with E-state index in [1.54, 1.807) is 11.3 Å². The molecular formula is C21H22ClN3S. The normalized spacial score (nSPS) is 16.1. The molecule has 1 aliphatic rings. The molecule has 2 heterocycles. The Kier molecular flexibility index (Phi) is 5.36. The van der Waals surface area contributed by atoms with Gasteiger partial charge in [-0.3, -0.25) is 4.90 Å². The lowest BCUT2D eigenvalue weighted by Crippen LogP contribution is -2.43. The van der Waals surface area contributed by atoms with Gasteiger partial charge in [-0.2, -0.15) is 0 Å². The van der Waals surface area contributed by atoms with Crippen LogP contribution in [0.4, 0.5) is 0 Å². The zero-order chi connectivity index (χ0) is 17.9. The molecule has 3 aromatic rings. The molecule has 0 bridgehead atoms. The summed E-state index contributed by atoms with van der Waals surface area (Å²) in [6.07, 6.45) is 1.96. The number of rotatable bonds is 4. The Bertz CT molecular complexity index is 850. The molecule has 4 rings (SSSR count). The lowest BCUT2D eigenvalue weighted by molar-refractivity contribution is 0.148. The largest absolute Gasteiger partial charge is 0.304 e. The van der Waals surface area contributed by atoms with Gasteiger partial charge in [0.25, 0.3) is 0 Å². The zero-order valence-corrected chi connectivity index (χ0v) is 16.4. The molecule has 0 spiro atoms. The van der Waals surface area contributed by atoms with E-state index in [0.29, 0.717) is 0 Å². The van der Waals surface area contributed by atoms with Crippen LogP contribution in [-0.4, -0.2) is 48.0 Å². The molecule has 5 heteroatoms. The van der Waals surface area contributed by atoms with Gasteiger partial charge in [0.15, 0.2) is 0 Å². The fourth-order valence-electron chi connectivity index (χ4n) is 3.17. The van der Waals surface area contributed by atoms with Gasteiger partial charge in [0.2, 0.25) is 0 Å². The van der Waals surface area contributed by atoms with E-state index in [2.05, 4.69) is 46.1 Å². The molecule has 0 saturated carbocycles. The van der Waals surface area contributed by atoms with Gasteiger partial charge in [0.1, 0.15) is 5.01 Å². The Morgan fingerprint density at radius 3 is 2.27 bits per heavy atom. The topological polar surface area (TPSA) is 19.4 Å². The molecule has 26 heavy (non-hydrogen) atoms. The van der Waals surface area contributed by atoms with E-state index < -0.39 is 0 Å². The van der Waals surface area contributed by atoms with Gasteiger partial charge < -0.3 is 4.90 Å². The molecule has 0 amide bonds. The second kappa shape index (κ2) is 7.89. The molecule has 0 aliphatic carbocycles. The van der Waals surface area contributed by atoms with Crippen LogP contribution in [0.3, 0.4) is 0 Å². The van der Waals surface area contributed by atoms with Crippen molar-refractivity contribution in [3.05, 3.63) is 65.3 Å². The zero-order valence-electron chi connectivity index (χ0n) is 14.9. The molecule has 134 valence electrons. The van der Waals surface area contributed by atoms with Crippen LogP contribution in [0, 0.1) is 0 Å². The number of aromatic nitrogens is 1. The highest BCUT2D eigenvalue weighted by atomic mass is 35.5. The van der Waals surface area contributed by atoms with E-state index in [1.165, 1.54) is 16.0 Å². The summed E-state index contributed by atoms with van der Waals surface area (Å²) >= 11 is 7.69. The summed E-state index contributed by atoms with van der Waals surface area (Å²) in [5.74, 6) is 0. The van der Waals surface area contributed by atoms with Gasteiger partial charge in [0.05, 0.1) is 4.88 Å². The maximum absolute atomic E-state index is 5.97. The van der Waals surface area contributed by atoms with Crippen molar-refractivity contribution in [1.29, 1.82) is 0 Å². The Hall–Kier alpha value is -1.72. The van der Waals surface area contributed by atoms with Gasteiger partial charge in [0, 0.05) is 49.5 Å². The van der Waals surface area contributed by atoms with Crippen molar-refractivity contribution in [3.63, 3.8) is 0 Å². The summed E-state index contributed by atoms with van der Waals surface area (Å²) in [5.41, 5.74) is 3.71. The number of hydrogen-bond donors (Lipinski definition) is 0. The summed E-state index contributed by atoms with van der Waals surface area (Å²) in [7, 11) is 2.19. The average molecular weight is 384 g/mol. The number of nitrogens with zero attached hydrogens (tertiary/aromatic N) is 3. The molecule has 2 aromatic carbocycles. The quantitative estimate of drug-likeness (QED) is 0.640. The Labute approximate surface area is 163 Å². The van der Waals surface area contributed by atoms with E-state index in [9.17, 15) is 0 Å². The van der Waals surface area contributed by atoms with Crippen LogP contribution < -0.4 is 0 Å². The monoisotopic (exact) mass is 383 g/mol. The fourth-order valence-corrected chi connectivity index (χ4v) is 4.23. The van der Waals surface area contributed by atoms with Crippen molar-refractivity contribution in [3.8, 4) is 21.0 Å². The van der Waals surface area contributed by atoms with Crippen molar-refractivity contribution in [1.82, 2.24) is 14.8 Å². The fraction of sp³-hybridized carbons (Fsp3) is 0.286. The van der Waals surface area contributed by atoms with Crippen LogP contribution in [0.1, 0.15) is 5.56 Å². The minimum absolute atomic E-state index is 0.751. The van der Waals surface area contributed by atoms with Crippen LogP contribution in [0.15, 0.2) is 54.7 Å². The van der Waals surface area contributed by atoms with Gasteiger partial charge in [-0.1, -0.05) is 48.0 Å². The molecule has 0 radical (unpaired) electrons. The smallest absolute Gasteiger partial charge is 0.123 e. The van der Waals surface area contributed by atoms with E-state index in [0.717, 1.165) is 48.3 Å². The third-order valence-electron chi connectivity index (χ3n) is 4.84. The predicted octanol–water partition coefficient (Wildman–Crippen LogP) is 4.88. The highest BCUT2D eigenvalue weighted by molar-refractivity contribution is 7.18. The summed E-state index contributed by atoms with van der Waals surface area (Å²) < 4.78 is 0. The minimum Gasteiger partial charge on any atom is -0.304 e. The molecule has 1 aromatic heterocycles. The minimum atomic E-state index is 0.751. The lowest BCUT2D eigenvalue weighted by Gasteiger charge is -2.32. The molecule has 1 aliphatic heterocycles. The highest BCUT2D eigenvalue weighted by Crippen LogP contribution is 2.32. The predicted molar refractivity (Wildman–Crippen MR) is 111 cm³/mol. The highest BCUT2D eigenvalue weighted by Gasteiger charge is 2.14. The molecule has 1 fully saturated rings. The van der Waals surface area contributed by atoms with Crippen LogP contribution in [0.25, 0.3) is 21.0 Å². The van der Waals surface area contributed by atoms with Gasteiger partial charge in [-0.15, -0.1) is 11.3 Å². The van der Waals surface area contributed by atoms with Crippen LogP contribution in [0.2, 0.25) is 5.02 Å². The first-order valence-electron chi connectivity index (χ1n) is 8.89. The van der Waals surface area contributed by atoms with E-state index in [1.807, 2.05) is 30.5 Å². The molecule has 0 atom stereocenters. The molecule has 0 N–H and O–H groups in total. The van der Waals surface area contributed by atoms with Crippen molar-refractivity contribution in [2.24, 2.45) is 0 Å². The van der Waals surface area contributed by atoms with Crippen LogP contribution in [-0.2, 0) is 6.54 Å². The Morgan fingerprint density at radius 2 is 1.58 bits per heavy atom. The number of likely N-dealkylation sites (N-methyl/N-ethyl adjacent to an activating group) is 1. The van der Waals surface area contributed by atoms with Crippen molar-refractivity contribution in [2.75, 3.05) is 33.2 Å². The average Bonchev–Trinajstić information content (AvgIpc) is 3.15. The summed E-state index contributed by atoms with van der Waals surface area (Å²) in [6, 6.07) is 16.8. The summed E-state index contributed by atoms with van der Waals surface area (Å²) in [5, 5.41) is 1.78. The molecule has 1 saturated heterocycles. The maximum atomic E-state index is 5.97. The third kappa shape index (κ3) is 4.15. The lowest BCUT2D eigenvalue weighted by atomic mass is 10.1. The number of piperazine rings is 1. The first kappa shape index (κ1) is 17.7. The van der Waals surface area contributed by atoms with Gasteiger partial charge in [-0.05, 0) is 30.3 Å². The van der Waals surface area contributed by atoms with Gasteiger partial charge in [-0.25, -0.2) is 4.98 Å². The Balaban J connectivity index is 1.44. The second-order valence-electron chi connectivity index (χ2n) is 6.81. The van der Waals surface area contributed by atoms with Crippen molar-refractivity contribution >= 4 is 22.9 Å². The summed E-state index contributed by atoms with van der Waals surface area (Å²) in [4.78, 5) is 10.7. The van der Waals surface area contributed by atoms with Crippen LogP contribution in [0.5, 0.6) is 0 Å². The van der Waals surface area contributed by atoms with E-state index in [4.69, 9.17) is 11.6 Å². The third-order valence-corrected chi connectivity index (χ3v) is 6.18. The first-order valence-corrected chi connectivity index (χ1v) is 10.1. The molecule has 3 nitrogen and oxygen atoms in total. The first-order chi connectivity index (χ1) is 12.7. The second-order valence-corrected chi connectivity index (χ2v) is 8.28. The Morgan fingerprint density at radius 1 is 0.923 bits per heavy atom. The number of hydrogen-bond acceptors (Lipinski definition) is 4. The number of thiazole rings is 1.